The molecule has 0 heterocycles. The molecule has 8 rings (SSSR count). The van der Waals surface area contributed by atoms with Crippen LogP contribution in [0.4, 0.5) is 0 Å². The van der Waals surface area contributed by atoms with E-state index in [2.05, 4.69) is 13.2 Å². The average molecular weight is 1010 g/mol. The summed E-state index contributed by atoms with van der Waals surface area (Å²) >= 11 is 0. The molecule has 0 saturated heterocycles. The molecule has 15 heteroatoms. The maximum Gasteiger partial charge on any atom is 0.647 e. The van der Waals surface area contributed by atoms with Gasteiger partial charge < -0.3 is 36.2 Å². The molecule has 0 N–H and O–H groups in total. The van der Waals surface area contributed by atoms with Gasteiger partial charge >= 0.3 is 23.4 Å². The third kappa shape index (κ3) is 12.5. The first kappa shape index (κ1) is 49.5. The van der Waals surface area contributed by atoms with Crippen LogP contribution in [0.2, 0.25) is 0 Å². The van der Waals surface area contributed by atoms with Gasteiger partial charge in [0.25, 0.3) is 0 Å². The van der Waals surface area contributed by atoms with Crippen LogP contribution in [0, 0.1) is 0 Å². The number of phosphoric acid groups is 2. The van der Waals surface area contributed by atoms with E-state index in [1.54, 1.807) is 172 Å². The molecule has 0 aliphatic carbocycles. The third-order valence-corrected chi connectivity index (χ3v) is 15.4. The van der Waals surface area contributed by atoms with Crippen molar-refractivity contribution in [1.29, 1.82) is 0 Å². The van der Waals surface area contributed by atoms with Gasteiger partial charge in [0.05, 0.1) is 0 Å². The predicted octanol–water partition coefficient (Wildman–Crippen LogP) is 16.3. The van der Waals surface area contributed by atoms with Crippen LogP contribution in [0.25, 0.3) is 0 Å². The minimum atomic E-state index is -4.31. The number of benzene rings is 8. The van der Waals surface area contributed by atoms with E-state index < -0.39 is 28.8 Å². The van der Waals surface area contributed by atoms with E-state index in [9.17, 15) is 13.7 Å². The van der Waals surface area contributed by atoms with Crippen LogP contribution in [-0.4, -0.2) is 4.67 Å². The molecule has 1 atom stereocenters. The van der Waals surface area contributed by atoms with Crippen molar-refractivity contribution in [3.05, 3.63) is 266 Å². The Balaban J connectivity index is 1.15. The number of allylic oxidation sites excluding steroid dienone is 2. The van der Waals surface area contributed by atoms with Crippen molar-refractivity contribution in [2.24, 2.45) is 0 Å². The highest BCUT2D eigenvalue weighted by molar-refractivity contribution is 7.52. The van der Waals surface area contributed by atoms with Gasteiger partial charge in [-0.25, -0.2) is 9.24 Å². The van der Waals surface area contributed by atoms with Crippen molar-refractivity contribution >= 4 is 23.4 Å². The zero-order chi connectivity index (χ0) is 49.9. The van der Waals surface area contributed by atoms with Crippen LogP contribution in [-0.2, 0) is 19.1 Å². The molecule has 12 nitrogen and oxygen atoms in total. The fraction of sp³-hybridized carbons (Fsp3) is 0.0714. The summed E-state index contributed by atoms with van der Waals surface area (Å²) in [5, 5.41) is 0. The second kappa shape index (κ2) is 21.8. The van der Waals surface area contributed by atoms with Crippen molar-refractivity contribution in [3.63, 3.8) is 0 Å². The van der Waals surface area contributed by atoms with Crippen LogP contribution in [0.3, 0.4) is 0 Å². The zero-order valence-corrected chi connectivity index (χ0v) is 41.7. The van der Waals surface area contributed by atoms with E-state index in [1.165, 1.54) is 4.67 Å². The summed E-state index contributed by atoms with van der Waals surface area (Å²) < 4.78 is 92.9. The van der Waals surface area contributed by atoms with Crippen molar-refractivity contribution in [2.45, 2.75) is 26.2 Å². The smallest absolute Gasteiger partial charge is 0.400 e. The summed E-state index contributed by atoms with van der Waals surface area (Å²) in [5.41, 5.74) is 2.19. The van der Waals surface area contributed by atoms with Crippen molar-refractivity contribution in [2.75, 3.05) is 0 Å². The number of hydrogen-bond donors (Lipinski definition) is 0. The number of para-hydroxylation sites is 5. The van der Waals surface area contributed by atoms with Gasteiger partial charge in [0.15, 0.2) is 0 Å². The SMILES string of the molecule is C=C(C)N(C(=C)C)P(=O)(Oc1ccccc1)Oc1ccc(C(C)(c2ccc(OP(=O)(Oc3ccccc3)Oc3ccccc3)cc2)c2ccc(OP(=O)(Oc3ccccc3)Oc3ccccc3)cc2)cc1. The highest BCUT2D eigenvalue weighted by Gasteiger charge is 2.40. The number of nitrogens with zero attached hydrogens (tertiary/aromatic N) is 1. The highest BCUT2D eigenvalue weighted by atomic mass is 31.2. The molecule has 71 heavy (non-hydrogen) atoms. The van der Waals surface area contributed by atoms with Gasteiger partial charge in [0, 0.05) is 16.8 Å². The van der Waals surface area contributed by atoms with Crippen molar-refractivity contribution < 1.29 is 49.9 Å². The Kier molecular flexibility index (Phi) is 15.2. The number of phosphoric ester groups is 2. The molecule has 0 bridgehead atoms. The summed E-state index contributed by atoms with van der Waals surface area (Å²) in [6.07, 6.45) is 0. The fourth-order valence-electron chi connectivity index (χ4n) is 7.45. The van der Waals surface area contributed by atoms with E-state index in [-0.39, 0.29) is 17.2 Å². The second-order valence-corrected chi connectivity index (χ2v) is 20.7. The largest absolute Gasteiger partial charge is 0.647 e. The van der Waals surface area contributed by atoms with Crippen molar-refractivity contribution in [3.8, 4) is 46.0 Å². The van der Waals surface area contributed by atoms with Gasteiger partial charge in [-0.05, 0) is 135 Å². The maximum absolute atomic E-state index is 14.8. The Morgan fingerprint density at radius 2 is 0.535 bits per heavy atom. The van der Waals surface area contributed by atoms with Gasteiger partial charge in [-0.3, -0.25) is 0 Å². The minimum absolute atomic E-state index is 0.208. The molecule has 0 spiro atoms. The quantitative estimate of drug-likeness (QED) is 0.0473. The molecular weight excluding hydrogens is 956 g/mol. The molecule has 0 saturated carbocycles. The molecule has 0 aliphatic heterocycles. The molecule has 0 radical (unpaired) electrons. The van der Waals surface area contributed by atoms with E-state index in [0.29, 0.717) is 40.1 Å². The first-order chi connectivity index (χ1) is 34.2. The molecule has 0 aliphatic rings. The Hall–Kier alpha value is -7.87. The molecule has 0 amide bonds. The normalized spacial score (nSPS) is 12.3. The van der Waals surface area contributed by atoms with Gasteiger partial charge in [-0.1, -0.05) is 141 Å². The molecular formula is C56H50NO11P3. The predicted molar refractivity (Wildman–Crippen MR) is 276 cm³/mol. The molecule has 8 aromatic carbocycles. The van der Waals surface area contributed by atoms with Crippen LogP contribution < -0.4 is 36.2 Å². The van der Waals surface area contributed by atoms with Crippen LogP contribution in [0.5, 0.6) is 46.0 Å². The lowest BCUT2D eigenvalue weighted by atomic mass is 9.71. The number of hydrogen-bond acceptors (Lipinski definition) is 11. The van der Waals surface area contributed by atoms with Gasteiger partial charge in [-0.2, -0.15) is 9.13 Å². The van der Waals surface area contributed by atoms with Crippen LogP contribution in [0.1, 0.15) is 37.5 Å². The standard InChI is InChI=1S/C56H50NO11P3/c1-43(2)57(44(3)4)69(58,61-48-21-11-6-12-22-48)62-53-37-31-45(32-38-53)56(5,46-33-39-54(40-34-46)67-70(59,63-49-23-13-7-14-24-49)64-50-25-15-8-16-26-50)47-35-41-55(42-36-47)68-71(60,65-51-27-17-9-18-28-51)66-52-29-19-10-20-30-52/h6-42H,1,3H2,2,4-5H3. The van der Waals surface area contributed by atoms with Gasteiger partial charge in [0.2, 0.25) is 0 Å². The summed E-state index contributed by atoms with van der Waals surface area (Å²) in [7, 11) is -12.8. The topological polar surface area (TPSA) is 128 Å². The zero-order valence-electron chi connectivity index (χ0n) is 39.1. The summed E-state index contributed by atoms with van der Waals surface area (Å²) in [4.78, 5) is 0. The molecule has 360 valence electrons. The van der Waals surface area contributed by atoms with E-state index in [1.807, 2.05) is 73.7 Å². The van der Waals surface area contributed by atoms with E-state index in [0.717, 1.165) is 16.7 Å². The summed E-state index contributed by atoms with van der Waals surface area (Å²) in [6, 6.07) is 64.4. The Bertz CT molecular complexity index is 2930. The van der Waals surface area contributed by atoms with Crippen LogP contribution >= 0.6 is 23.4 Å². The lowest BCUT2D eigenvalue weighted by Crippen LogP contribution is -2.25. The molecule has 8 aromatic rings. The highest BCUT2D eigenvalue weighted by Crippen LogP contribution is 2.56. The van der Waals surface area contributed by atoms with E-state index in [4.69, 9.17) is 36.2 Å². The van der Waals surface area contributed by atoms with Crippen LogP contribution in [0.15, 0.2) is 249 Å². The molecule has 1 unspecified atom stereocenters. The maximum atomic E-state index is 14.8. The van der Waals surface area contributed by atoms with Crippen molar-refractivity contribution in [1.82, 2.24) is 4.67 Å². The molecule has 0 fully saturated rings. The monoisotopic (exact) mass is 1010 g/mol. The Labute approximate surface area is 414 Å². The first-order valence-electron chi connectivity index (χ1n) is 22.3. The fourth-order valence-corrected chi connectivity index (χ4v) is 11.8. The van der Waals surface area contributed by atoms with Gasteiger partial charge in [0.1, 0.15) is 46.0 Å². The van der Waals surface area contributed by atoms with Gasteiger partial charge in [-0.15, -0.1) is 0 Å². The molecule has 0 aromatic heterocycles. The summed E-state index contributed by atoms with van der Waals surface area (Å²) in [6.45, 7) is 13.4. The van der Waals surface area contributed by atoms with E-state index >= 15 is 0 Å². The lowest BCUT2D eigenvalue weighted by Gasteiger charge is -2.33. The lowest BCUT2D eigenvalue weighted by molar-refractivity contribution is 0.296. The average Bonchev–Trinajstić information content (AvgIpc) is 3.35. The summed E-state index contributed by atoms with van der Waals surface area (Å²) in [5.74, 6) is 2.16. The minimum Gasteiger partial charge on any atom is -0.400 e. The Morgan fingerprint density at radius 1 is 0.338 bits per heavy atom. The number of rotatable bonds is 22. The first-order valence-corrected chi connectivity index (χ1v) is 26.7. The Morgan fingerprint density at radius 3 is 0.761 bits per heavy atom. The third-order valence-electron chi connectivity index (χ3n) is 10.7. The second-order valence-electron chi connectivity index (χ2n) is 16.1.